The van der Waals surface area contributed by atoms with Gasteiger partial charge in [-0.15, -0.1) is 0 Å². The number of ether oxygens (including phenoxy) is 1. The van der Waals surface area contributed by atoms with Crippen molar-refractivity contribution in [2.24, 2.45) is 5.73 Å². The van der Waals surface area contributed by atoms with Gasteiger partial charge in [-0.1, -0.05) is 18.2 Å². The van der Waals surface area contributed by atoms with Crippen molar-refractivity contribution in [3.05, 3.63) is 102 Å². The summed E-state index contributed by atoms with van der Waals surface area (Å²) < 4.78 is 7.68. The second kappa shape index (κ2) is 19.3. The number of nitrogens with one attached hydrogen (secondary N) is 1. The van der Waals surface area contributed by atoms with Gasteiger partial charge in [0.2, 0.25) is 17.8 Å². The normalized spacial score (nSPS) is 16.7. The molecule has 0 aliphatic carbocycles. The number of anilines is 3. The van der Waals surface area contributed by atoms with E-state index < -0.39 is 12.0 Å². The summed E-state index contributed by atoms with van der Waals surface area (Å²) in [6.45, 7) is 6.89. The van der Waals surface area contributed by atoms with Gasteiger partial charge in [-0.3, -0.25) is 14.5 Å². The van der Waals surface area contributed by atoms with Crippen LogP contribution in [0.5, 0.6) is 0 Å². The number of hydrogen-bond acceptors (Lipinski definition) is 17. The Morgan fingerprint density at radius 2 is 1.59 bits per heavy atom. The van der Waals surface area contributed by atoms with E-state index in [1.54, 1.807) is 35.9 Å². The molecule has 0 saturated carbocycles. The lowest BCUT2D eigenvalue weighted by Crippen LogP contribution is -2.58. The first-order valence-corrected chi connectivity index (χ1v) is 22.6. The summed E-state index contributed by atoms with van der Waals surface area (Å²) in [6.07, 6.45) is 12.4. The lowest BCUT2D eigenvalue weighted by Gasteiger charge is -2.39. The predicted molar refractivity (Wildman–Crippen MR) is 250 cm³/mol. The second-order valence-corrected chi connectivity index (χ2v) is 17.1. The highest BCUT2D eigenvalue weighted by Gasteiger charge is 2.36. The van der Waals surface area contributed by atoms with Crippen LogP contribution >= 0.6 is 0 Å². The number of amides is 2. The van der Waals surface area contributed by atoms with Crippen LogP contribution in [-0.2, 0) is 40.4 Å². The van der Waals surface area contributed by atoms with Gasteiger partial charge in [0, 0.05) is 119 Å². The number of nitrogen functional groups attached to an aromatic ring is 1. The van der Waals surface area contributed by atoms with E-state index in [1.807, 2.05) is 27.9 Å². The van der Waals surface area contributed by atoms with Crippen LogP contribution in [0.3, 0.4) is 0 Å². The molecule has 350 valence electrons. The van der Waals surface area contributed by atoms with Crippen molar-refractivity contribution >= 4 is 57.6 Å². The van der Waals surface area contributed by atoms with Crippen molar-refractivity contribution in [1.82, 2.24) is 64.4 Å². The van der Waals surface area contributed by atoms with Crippen molar-refractivity contribution in [2.45, 2.75) is 38.5 Å². The highest BCUT2D eigenvalue weighted by atomic mass is 16.5. The predicted octanol–water partition coefficient (Wildman–Crippen LogP) is 1.57. The van der Waals surface area contributed by atoms with Gasteiger partial charge < -0.3 is 45.9 Å². The molecule has 2 amide bonds. The number of pyridine rings is 1. The Bertz CT molecular complexity index is 2950. The molecule has 3 aliphatic heterocycles. The SMILES string of the molecule is NCc1cnc(N2CCN(C(=O)CCOCCN3CCN(c4ncc(C(=O)N5CCc6cc(Cn7nc(-c8cnc9[nH]ccc9c8)c8c(N)ncnc87)ccc6C5)cn4)CC3)[C@@H](C(=O)O)C2)nc1. The van der Waals surface area contributed by atoms with Crippen LogP contribution in [0.25, 0.3) is 33.3 Å². The molecule has 22 nitrogen and oxygen atoms in total. The minimum absolute atomic E-state index is 0.0911. The number of carbonyl (C=O) groups is 3. The topological polar surface area (TPSA) is 273 Å². The molecule has 6 N–H and O–H groups in total. The standard InChI is InChI=1S/C46H51N17O5/c47-19-30-20-51-46(52-21-30)61-12-13-62(36(27-61)44(66)67)37(64)5-15-68-16-14-58-8-10-59(11-9-58)45-53-23-35(24-54-45)43(65)60-7-4-31-17-29(1-2-33(31)26-60)25-63-42-38(40(48)55-28-56-42)39(57-63)34-18-32-3-6-49-41(32)50-22-34/h1-3,6,17-18,20-24,28,36H,4-5,7-16,19,25-27,47H2,(H,49,50)(H,66,67)(H2,48,55,56)/t36-/m1/s1. The summed E-state index contributed by atoms with van der Waals surface area (Å²) in [4.78, 5) is 82.5. The largest absolute Gasteiger partial charge is 0.480 e. The van der Waals surface area contributed by atoms with Gasteiger partial charge in [0.15, 0.2) is 5.65 Å². The third kappa shape index (κ3) is 9.20. The molecule has 3 aliphatic rings. The molecule has 0 bridgehead atoms. The van der Waals surface area contributed by atoms with Crippen molar-refractivity contribution in [1.29, 1.82) is 0 Å². The fourth-order valence-corrected chi connectivity index (χ4v) is 9.10. The number of fused-ring (bicyclic) bond motifs is 3. The van der Waals surface area contributed by atoms with E-state index in [0.717, 1.165) is 46.4 Å². The molecule has 9 heterocycles. The van der Waals surface area contributed by atoms with Crippen LogP contribution < -0.4 is 21.3 Å². The molecule has 0 radical (unpaired) electrons. The lowest BCUT2D eigenvalue weighted by atomic mass is 9.97. The number of rotatable bonds is 14. The first-order valence-electron chi connectivity index (χ1n) is 22.6. The van der Waals surface area contributed by atoms with Crippen LogP contribution in [0.1, 0.15) is 39.0 Å². The van der Waals surface area contributed by atoms with Crippen LogP contribution in [0.15, 0.2) is 73.8 Å². The Morgan fingerprint density at radius 1 is 0.809 bits per heavy atom. The quantitative estimate of drug-likeness (QED) is 0.113. The lowest BCUT2D eigenvalue weighted by molar-refractivity contribution is -0.151. The highest BCUT2D eigenvalue weighted by molar-refractivity contribution is 5.99. The molecule has 6 aromatic heterocycles. The first kappa shape index (κ1) is 44.2. The van der Waals surface area contributed by atoms with Crippen molar-refractivity contribution in [2.75, 3.05) is 87.7 Å². The van der Waals surface area contributed by atoms with Gasteiger partial charge in [0.25, 0.3) is 5.91 Å². The fraction of sp³-hybridized carbons (Fsp3) is 0.370. The molecule has 10 rings (SSSR count). The Balaban J connectivity index is 0.668. The Hall–Kier alpha value is -7.69. The van der Waals surface area contributed by atoms with Gasteiger partial charge in [-0.2, -0.15) is 5.10 Å². The van der Waals surface area contributed by atoms with Crippen LogP contribution in [0.4, 0.5) is 17.7 Å². The van der Waals surface area contributed by atoms with Crippen molar-refractivity contribution < 1.29 is 24.2 Å². The van der Waals surface area contributed by atoms with E-state index in [9.17, 15) is 19.5 Å². The maximum atomic E-state index is 13.7. The minimum Gasteiger partial charge on any atom is -0.480 e. The summed E-state index contributed by atoms with van der Waals surface area (Å²) in [5, 5.41) is 16.5. The van der Waals surface area contributed by atoms with Crippen molar-refractivity contribution in [3.8, 4) is 11.3 Å². The summed E-state index contributed by atoms with van der Waals surface area (Å²) >= 11 is 0. The number of carboxylic acid groups (broad SMARTS) is 1. The number of carboxylic acids is 1. The Morgan fingerprint density at radius 3 is 2.38 bits per heavy atom. The number of carbonyl (C=O) groups excluding carboxylic acids is 2. The molecule has 68 heavy (non-hydrogen) atoms. The van der Waals surface area contributed by atoms with Gasteiger partial charge in [0.1, 0.15) is 29.5 Å². The summed E-state index contributed by atoms with van der Waals surface area (Å²) in [6, 6.07) is 9.31. The van der Waals surface area contributed by atoms with E-state index in [0.29, 0.717) is 105 Å². The zero-order valence-corrected chi connectivity index (χ0v) is 37.3. The van der Waals surface area contributed by atoms with E-state index in [4.69, 9.17) is 21.3 Å². The fourth-order valence-electron chi connectivity index (χ4n) is 9.10. The Labute approximate surface area is 390 Å². The molecule has 0 spiro atoms. The zero-order valence-electron chi connectivity index (χ0n) is 37.3. The van der Waals surface area contributed by atoms with E-state index in [-0.39, 0.29) is 37.9 Å². The molecule has 1 aromatic carbocycles. The number of piperazine rings is 2. The summed E-state index contributed by atoms with van der Waals surface area (Å²) in [5.41, 5.74) is 19.5. The molecule has 7 aromatic rings. The first-order chi connectivity index (χ1) is 33.2. The summed E-state index contributed by atoms with van der Waals surface area (Å²) in [7, 11) is 0. The van der Waals surface area contributed by atoms with E-state index >= 15 is 0 Å². The number of benzene rings is 1. The van der Waals surface area contributed by atoms with Gasteiger partial charge in [0.05, 0.1) is 43.7 Å². The van der Waals surface area contributed by atoms with Crippen molar-refractivity contribution in [3.63, 3.8) is 0 Å². The average Bonchev–Trinajstić information content (AvgIpc) is 4.01. The monoisotopic (exact) mass is 921 g/mol. The van der Waals surface area contributed by atoms with Crippen LogP contribution in [0, 0.1) is 0 Å². The maximum Gasteiger partial charge on any atom is 0.328 e. The third-order valence-corrected chi connectivity index (χ3v) is 12.9. The third-order valence-electron chi connectivity index (χ3n) is 12.9. The molecule has 1 atom stereocenters. The average molecular weight is 922 g/mol. The molecule has 2 fully saturated rings. The smallest absolute Gasteiger partial charge is 0.328 e. The van der Waals surface area contributed by atoms with E-state index in [2.05, 4.69) is 67.9 Å². The minimum atomic E-state index is -1.08. The maximum absolute atomic E-state index is 13.7. The van der Waals surface area contributed by atoms with Gasteiger partial charge in [-0.05, 0) is 35.2 Å². The zero-order chi connectivity index (χ0) is 46.7. The van der Waals surface area contributed by atoms with E-state index in [1.165, 1.54) is 16.8 Å². The number of hydrogen-bond donors (Lipinski definition) is 4. The molecular formula is C46H51N17O5. The number of H-pyrrole nitrogens is 1. The summed E-state index contributed by atoms with van der Waals surface area (Å²) in [5.74, 6) is -0.0975. The highest BCUT2D eigenvalue weighted by Crippen LogP contribution is 2.32. The number of aliphatic carboxylic acids is 1. The Kier molecular flexibility index (Phi) is 12.5. The number of aromatic nitrogens is 10. The number of nitrogens with zero attached hydrogens (tertiary/aromatic N) is 14. The van der Waals surface area contributed by atoms with Crippen LogP contribution in [-0.4, -0.2) is 165 Å². The second-order valence-electron chi connectivity index (χ2n) is 17.1. The molecule has 22 heteroatoms. The van der Waals surface area contributed by atoms with Gasteiger partial charge >= 0.3 is 5.97 Å². The number of aromatic amines is 1. The number of nitrogens with two attached hydrogens (primary N) is 2. The van der Waals surface area contributed by atoms with Crippen LogP contribution in [0.2, 0.25) is 0 Å². The molecular weight excluding hydrogens is 871 g/mol. The molecule has 0 unspecified atom stereocenters. The van der Waals surface area contributed by atoms with Gasteiger partial charge in [-0.25, -0.2) is 44.4 Å². The molecule has 2 saturated heterocycles.